The molecular formula is C13H22N4O3. The van der Waals surface area contributed by atoms with Crippen LogP contribution in [0.3, 0.4) is 0 Å². The van der Waals surface area contributed by atoms with Crippen molar-refractivity contribution in [3.05, 3.63) is 11.7 Å². The van der Waals surface area contributed by atoms with Gasteiger partial charge in [0.25, 0.3) is 11.7 Å². The predicted molar refractivity (Wildman–Crippen MR) is 72.1 cm³/mol. The van der Waals surface area contributed by atoms with Crippen LogP contribution in [-0.4, -0.2) is 38.8 Å². The van der Waals surface area contributed by atoms with Crippen molar-refractivity contribution in [3.63, 3.8) is 0 Å². The lowest BCUT2D eigenvalue weighted by molar-refractivity contribution is -0.00317. The highest BCUT2D eigenvalue weighted by atomic mass is 16.5. The van der Waals surface area contributed by atoms with E-state index in [1.165, 1.54) is 0 Å². The van der Waals surface area contributed by atoms with E-state index in [1.807, 2.05) is 0 Å². The fraction of sp³-hybridized carbons (Fsp3) is 0.769. The van der Waals surface area contributed by atoms with E-state index in [-0.39, 0.29) is 11.9 Å². The minimum absolute atomic E-state index is 0.00831. The zero-order valence-corrected chi connectivity index (χ0v) is 12.4. The van der Waals surface area contributed by atoms with E-state index in [4.69, 9.17) is 4.52 Å². The minimum atomic E-state index is -1.07. The Balaban J connectivity index is 2.06. The van der Waals surface area contributed by atoms with Crippen LogP contribution in [0.5, 0.6) is 0 Å². The Hall–Kier alpha value is -1.47. The van der Waals surface area contributed by atoms with Gasteiger partial charge in [-0.3, -0.25) is 4.79 Å². The van der Waals surface area contributed by atoms with Crippen LogP contribution >= 0.6 is 0 Å². The molecule has 1 aromatic rings. The number of aliphatic hydroxyl groups is 1. The first kappa shape index (κ1) is 14.9. The SMILES string of the molecule is CC(C)(O)C(C)(C)NC(=O)c1noc(C2CCCN2)n1. The molecule has 7 nitrogen and oxygen atoms in total. The Bertz CT molecular complexity index is 484. The summed E-state index contributed by atoms with van der Waals surface area (Å²) in [4.78, 5) is 16.2. The van der Waals surface area contributed by atoms with Crippen LogP contribution in [0.2, 0.25) is 0 Å². The monoisotopic (exact) mass is 282 g/mol. The normalized spacial score (nSPS) is 20.1. The molecule has 2 rings (SSSR count). The molecule has 112 valence electrons. The molecule has 0 spiro atoms. The van der Waals surface area contributed by atoms with Gasteiger partial charge in [0.1, 0.15) is 0 Å². The molecule has 1 aliphatic heterocycles. The topological polar surface area (TPSA) is 100 Å². The van der Waals surface area contributed by atoms with Crippen molar-refractivity contribution in [1.29, 1.82) is 0 Å². The van der Waals surface area contributed by atoms with Gasteiger partial charge in [0.2, 0.25) is 5.89 Å². The summed E-state index contributed by atoms with van der Waals surface area (Å²) < 4.78 is 5.12. The van der Waals surface area contributed by atoms with Gasteiger partial charge in [-0.05, 0) is 47.1 Å². The lowest BCUT2D eigenvalue weighted by Gasteiger charge is -2.37. The summed E-state index contributed by atoms with van der Waals surface area (Å²) in [7, 11) is 0. The zero-order valence-electron chi connectivity index (χ0n) is 12.4. The van der Waals surface area contributed by atoms with Crippen LogP contribution < -0.4 is 10.6 Å². The van der Waals surface area contributed by atoms with E-state index in [2.05, 4.69) is 20.8 Å². The van der Waals surface area contributed by atoms with Crippen LogP contribution in [-0.2, 0) is 0 Å². The second-order valence-corrected chi connectivity index (χ2v) is 6.24. The van der Waals surface area contributed by atoms with E-state index >= 15 is 0 Å². The second kappa shape index (κ2) is 5.14. The van der Waals surface area contributed by atoms with Crippen LogP contribution in [0, 0.1) is 0 Å². The maximum atomic E-state index is 12.1. The van der Waals surface area contributed by atoms with Crippen molar-refractivity contribution in [2.75, 3.05) is 6.54 Å². The van der Waals surface area contributed by atoms with Crippen LogP contribution in [0.1, 0.15) is 63.1 Å². The number of hydrogen-bond donors (Lipinski definition) is 3. The molecule has 1 unspecified atom stereocenters. The van der Waals surface area contributed by atoms with E-state index in [1.54, 1.807) is 27.7 Å². The smallest absolute Gasteiger partial charge is 0.293 e. The highest BCUT2D eigenvalue weighted by molar-refractivity contribution is 5.90. The van der Waals surface area contributed by atoms with E-state index in [0.717, 1.165) is 19.4 Å². The van der Waals surface area contributed by atoms with Crippen molar-refractivity contribution in [2.24, 2.45) is 0 Å². The molecule has 1 aromatic heterocycles. The number of nitrogens with zero attached hydrogens (tertiary/aromatic N) is 2. The fourth-order valence-electron chi connectivity index (χ4n) is 1.86. The maximum absolute atomic E-state index is 12.1. The molecule has 1 atom stereocenters. The molecule has 7 heteroatoms. The van der Waals surface area contributed by atoms with Crippen molar-refractivity contribution < 1.29 is 14.4 Å². The van der Waals surface area contributed by atoms with E-state index in [9.17, 15) is 9.90 Å². The van der Waals surface area contributed by atoms with Crippen molar-refractivity contribution >= 4 is 5.91 Å². The third kappa shape index (κ3) is 2.99. The van der Waals surface area contributed by atoms with Crippen LogP contribution in [0.4, 0.5) is 0 Å². The molecule has 2 heterocycles. The summed E-state index contributed by atoms with van der Waals surface area (Å²) in [6.07, 6.45) is 1.98. The standard InChI is InChI=1S/C13H22N4O3/c1-12(2,13(3,4)19)16-10(18)9-15-11(20-17-9)8-6-5-7-14-8/h8,14,19H,5-7H2,1-4H3,(H,16,18). The number of amides is 1. The van der Waals surface area contributed by atoms with E-state index in [0.29, 0.717) is 5.89 Å². The average molecular weight is 282 g/mol. The van der Waals surface area contributed by atoms with Gasteiger partial charge in [0, 0.05) is 0 Å². The Morgan fingerprint density at radius 1 is 1.45 bits per heavy atom. The van der Waals surface area contributed by atoms with Gasteiger partial charge in [-0.15, -0.1) is 0 Å². The van der Waals surface area contributed by atoms with Crippen LogP contribution in [0.15, 0.2) is 4.52 Å². The summed E-state index contributed by atoms with van der Waals surface area (Å²) in [5.74, 6) is -0.0233. The second-order valence-electron chi connectivity index (χ2n) is 6.24. The van der Waals surface area contributed by atoms with Gasteiger partial charge >= 0.3 is 0 Å². The summed E-state index contributed by atoms with van der Waals surface area (Å²) in [5.41, 5.74) is -1.88. The highest BCUT2D eigenvalue weighted by Gasteiger charge is 2.37. The van der Waals surface area contributed by atoms with Gasteiger partial charge in [-0.1, -0.05) is 5.16 Å². The lowest BCUT2D eigenvalue weighted by Crippen LogP contribution is -2.57. The predicted octanol–water partition coefficient (Wildman–Crippen LogP) is 0.773. The van der Waals surface area contributed by atoms with Crippen molar-refractivity contribution in [3.8, 4) is 0 Å². The average Bonchev–Trinajstić information content (AvgIpc) is 2.98. The first-order valence-corrected chi connectivity index (χ1v) is 6.82. The van der Waals surface area contributed by atoms with Gasteiger partial charge in [0.05, 0.1) is 17.2 Å². The van der Waals surface area contributed by atoms with Crippen molar-refractivity contribution in [1.82, 2.24) is 20.8 Å². The number of carbonyl (C=O) groups is 1. The number of rotatable bonds is 4. The van der Waals surface area contributed by atoms with Gasteiger partial charge in [0.15, 0.2) is 0 Å². The first-order valence-electron chi connectivity index (χ1n) is 6.82. The third-order valence-electron chi connectivity index (χ3n) is 3.96. The molecule has 1 amide bonds. The van der Waals surface area contributed by atoms with Gasteiger partial charge in [-0.25, -0.2) is 0 Å². The quantitative estimate of drug-likeness (QED) is 0.754. The summed E-state index contributed by atoms with van der Waals surface area (Å²) in [6, 6.07) is 0.0337. The molecular weight excluding hydrogens is 260 g/mol. The third-order valence-corrected chi connectivity index (χ3v) is 3.96. The molecule has 1 aliphatic rings. The molecule has 20 heavy (non-hydrogen) atoms. The Kier molecular flexibility index (Phi) is 3.84. The molecule has 0 bridgehead atoms. The molecule has 1 fully saturated rings. The van der Waals surface area contributed by atoms with Gasteiger partial charge < -0.3 is 20.3 Å². The summed E-state index contributed by atoms with van der Waals surface area (Å²) in [6.45, 7) is 7.67. The fourth-order valence-corrected chi connectivity index (χ4v) is 1.86. The zero-order chi connectivity index (χ0) is 15.0. The maximum Gasteiger partial charge on any atom is 0.293 e. The molecule has 0 aromatic carbocycles. The lowest BCUT2D eigenvalue weighted by atomic mass is 9.86. The Labute approximate surface area is 118 Å². The summed E-state index contributed by atoms with van der Waals surface area (Å²) >= 11 is 0. The van der Waals surface area contributed by atoms with Crippen molar-refractivity contribution in [2.45, 2.75) is 57.7 Å². The number of nitrogens with one attached hydrogen (secondary N) is 2. The van der Waals surface area contributed by atoms with Gasteiger partial charge in [-0.2, -0.15) is 4.98 Å². The van der Waals surface area contributed by atoms with E-state index < -0.39 is 17.0 Å². The number of carbonyl (C=O) groups excluding carboxylic acids is 1. The molecule has 0 aliphatic carbocycles. The molecule has 0 radical (unpaired) electrons. The first-order chi connectivity index (χ1) is 9.21. The Morgan fingerprint density at radius 3 is 2.70 bits per heavy atom. The molecule has 1 saturated heterocycles. The highest BCUT2D eigenvalue weighted by Crippen LogP contribution is 2.23. The Morgan fingerprint density at radius 2 is 2.15 bits per heavy atom. The largest absolute Gasteiger partial charge is 0.388 e. The minimum Gasteiger partial charge on any atom is -0.388 e. The summed E-state index contributed by atoms with van der Waals surface area (Å²) in [5, 5.41) is 19.7. The number of hydrogen-bond acceptors (Lipinski definition) is 6. The number of aromatic nitrogens is 2. The molecule has 3 N–H and O–H groups in total. The molecule has 0 saturated carbocycles. The van der Waals surface area contributed by atoms with Crippen LogP contribution in [0.25, 0.3) is 0 Å².